The number of rotatable bonds is 5. The quantitative estimate of drug-likeness (QED) is 0.900. The van der Waals surface area contributed by atoms with Crippen LogP contribution in [0.25, 0.3) is 0 Å². The summed E-state index contributed by atoms with van der Waals surface area (Å²) in [6.07, 6.45) is 0. The van der Waals surface area contributed by atoms with Gasteiger partial charge in [-0.3, -0.25) is 9.59 Å². The predicted molar refractivity (Wildman–Crippen MR) is 74.5 cm³/mol. The molecule has 1 aromatic rings. The van der Waals surface area contributed by atoms with Gasteiger partial charge in [0.05, 0.1) is 12.7 Å². The van der Waals surface area contributed by atoms with Crippen molar-refractivity contribution in [3.05, 3.63) is 28.2 Å². The van der Waals surface area contributed by atoms with E-state index in [9.17, 15) is 9.59 Å². The van der Waals surface area contributed by atoms with Gasteiger partial charge in [0.1, 0.15) is 12.3 Å². The molecule has 0 aliphatic carbocycles. The number of carboxylic acids is 1. The molecule has 0 atom stereocenters. The van der Waals surface area contributed by atoms with Crippen LogP contribution in [0, 0.1) is 0 Å². The average Bonchev–Trinajstić information content (AvgIpc) is 2.34. The molecule has 1 amide bonds. The molecule has 6 heteroatoms. The highest BCUT2D eigenvalue weighted by molar-refractivity contribution is 9.10. The Morgan fingerprint density at radius 1 is 1.42 bits per heavy atom. The Morgan fingerprint density at radius 2 is 2.05 bits per heavy atom. The molecule has 0 saturated heterocycles. The molecule has 1 aromatic carbocycles. The Kier molecular flexibility index (Phi) is 5.35. The minimum Gasteiger partial charge on any atom is -0.496 e. The molecule has 0 aliphatic rings. The van der Waals surface area contributed by atoms with Crippen molar-refractivity contribution < 1.29 is 19.4 Å². The lowest BCUT2D eigenvalue weighted by Gasteiger charge is -2.25. The zero-order valence-corrected chi connectivity index (χ0v) is 12.6. The van der Waals surface area contributed by atoms with Crippen molar-refractivity contribution in [1.82, 2.24) is 4.90 Å². The number of carbonyl (C=O) groups excluding carboxylic acids is 1. The molecular formula is C13H16BrNO4. The standard InChI is InChI=1S/C13H16BrNO4/c1-8(2)15(7-12(16)17)13(18)10-5-4-9(14)6-11(10)19-3/h4-6,8H,7H2,1-3H3,(H,16,17). The first-order valence-electron chi connectivity index (χ1n) is 5.73. The van der Waals surface area contributed by atoms with E-state index in [4.69, 9.17) is 9.84 Å². The van der Waals surface area contributed by atoms with E-state index in [0.29, 0.717) is 11.3 Å². The maximum Gasteiger partial charge on any atom is 0.323 e. The number of nitrogens with zero attached hydrogens (tertiary/aromatic N) is 1. The third-order valence-corrected chi connectivity index (χ3v) is 3.08. The molecule has 0 aromatic heterocycles. The summed E-state index contributed by atoms with van der Waals surface area (Å²) in [4.78, 5) is 24.5. The molecule has 0 aliphatic heterocycles. The van der Waals surface area contributed by atoms with Gasteiger partial charge in [-0.1, -0.05) is 15.9 Å². The molecule has 0 saturated carbocycles. The summed E-state index contributed by atoms with van der Waals surface area (Å²) in [5.74, 6) is -0.990. The van der Waals surface area contributed by atoms with Crippen LogP contribution >= 0.6 is 15.9 Å². The summed E-state index contributed by atoms with van der Waals surface area (Å²) < 4.78 is 5.94. The smallest absolute Gasteiger partial charge is 0.323 e. The Morgan fingerprint density at radius 3 is 2.53 bits per heavy atom. The van der Waals surface area contributed by atoms with Crippen LogP contribution in [0.3, 0.4) is 0 Å². The van der Waals surface area contributed by atoms with Crippen LogP contribution in [0.2, 0.25) is 0 Å². The zero-order chi connectivity index (χ0) is 14.6. The highest BCUT2D eigenvalue weighted by Gasteiger charge is 2.23. The summed E-state index contributed by atoms with van der Waals surface area (Å²) >= 11 is 3.29. The molecule has 5 nitrogen and oxygen atoms in total. The zero-order valence-electron chi connectivity index (χ0n) is 11.0. The number of ether oxygens (including phenoxy) is 1. The summed E-state index contributed by atoms with van der Waals surface area (Å²) in [6.45, 7) is 3.20. The number of hydrogen-bond donors (Lipinski definition) is 1. The third-order valence-electron chi connectivity index (χ3n) is 2.58. The van der Waals surface area contributed by atoms with E-state index >= 15 is 0 Å². The van der Waals surface area contributed by atoms with Crippen LogP contribution in [0.4, 0.5) is 0 Å². The van der Waals surface area contributed by atoms with Crippen molar-refractivity contribution in [3.63, 3.8) is 0 Å². The Balaban J connectivity index is 3.12. The van der Waals surface area contributed by atoms with E-state index < -0.39 is 5.97 Å². The molecule has 0 radical (unpaired) electrons. The first kappa shape index (κ1) is 15.5. The van der Waals surface area contributed by atoms with Gasteiger partial charge >= 0.3 is 5.97 Å². The average molecular weight is 330 g/mol. The highest BCUT2D eigenvalue weighted by Crippen LogP contribution is 2.25. The molecule has 1 N–H and O–H groups in total. The van der Waals surface area contributed by atoms with Gasteiger partial charge in [0.15, 0.2) is 0 Å². The topological polar surface area (TPSA) is 66.8 Å². The van der Waals surface area contributed by atoms with Gasteiger partial charge in [0.25, 0.3) is 5.91 Å². The monoisotopic (exact) mass is 329 g/mol. The van der Waals surface area contributed by atoms with Gasteiger partial charge in [0.2, 0.25) is 0 Å². The van der Waals surface area contributed by atoms with E-state index in [1.165, 1.54) is 12.0 Å². The second kappa shape index (κ2) is 6.56. The van der Waals surface area contributed by atoms with E-state index in [2.05, 4.69) is 15.9 Å². The highest BCUT2D eigenvalue weighted by atomic mass is 79.9. The summed E-state index contributed by atoms with van der Waals surface area (Å²) in [6, 6.07) is 4.79. The minimum absolute atomic E-state index is 0.211. The van der Waals surface area contributed by atoms with Crippen LogP contribution in [-0.4, -0.2) is 41.6 Å². The maximum absolute atomic E-state index is 12.4. The number of methoxy groups -OCH3 is 1. The number of carbonyl (C=O) groups is 2. The fourth-order valence-electron chi connectivity index (χ4n) is 1.63. The van der Waals surface area contributed by atoms with E-state index in [-0.39, 0.29) is 18.5 Å². The maximum atomic E-state index is 12.4. The number of halogens is 1. The molecule has 104 valence electrons. The summed E-state index contributed by atoms with van der Waals surface area (Å²) in [7, 11) is 1.47. The van der Waals surface area contributed by atoms with Crippen molar-refractivity contribution in [1.29, 1.82) is 0 Å². The third kappa shape index (κ3) is 3.96. The second-order valence-corrected chi connectivity index (χ2v) is 5.18. The lowest BCUT2D eigenvalue weighted by molar-refractivity contribution is -0.138. The molecule has 0 unspecified atom stereocenters. The number of hydrogen-bond acceptors (Lipinski definition) is 3. The minimum atomic E-state index is -1.04. The number of carboxylic acid groups (broad SMARTS) is 1. The van der Waals surface area contributed by atoms with Crippen LogP contribution in [0.5, 0.6) is 5.75 Å². The fraction of sp³-hybridized carbons (Fsp3) is 0.385. The van der Waals surface area contributed by atoms with Crippen LogP contribution in [0.15, 0.2) is 22.7 Å². The van der Waals surface area contributed by atoms with E-state index in [1.807, 2.05) is 0 Å². The lowest BCUT2D eigenvalue weighted by atomic mass is 10.1. The van der Waals surface area contributed by atoms with Crippen molar-refractivity contribution >= 4 is 27.8 Å². The predicted octanol–water partition coefficient (Wildman–Crippen LogP) is 2.39. The number of aliphatic carboxylic acids is 1. The Hall–Kier alpha value is -1.56. The second-order valence-electron chi connectivity index (χ2n) is 4.27. The normalized spacial score (nSPS) is 10.4. The first-order chi connectivity index (χ1) is 8.86. The lowest BCUT2D eigenvalue weighted by Crippen LogP contribution is -2.40. The van der Waals surface area contributed by atoms with Gasteiger partial charge in [-0.25, -0.2) is 0 Å². The van der Waals surface area contributed by atoms with Gasteiger partial charge in [-0.2, -0.15) is 0 Å². The van der Waals surface area contributed by atoms with Crippen molar-refractivity contribution in [2.45, 2.75) is 19.9 Å². The molecular weight excluding hydrogens is 314 g/mol. The summed E-state index contributed by atoms with van der Waals surface area (Å²) in [5, 5.41) is 8.87. The van der Waals surface area contributed by atoms with Crippen molar-refractivity contribution in [2.75, 3.05) is 13.7 Å². The van der Waals surface area contributed by atoms with Crippen molar-refractivity contribution in [2.24, 2.45) is 0 Å². The Labute approximate surface area is 120 Å². The fourth-order valence-corrected chi connectivity index (χ4v) is 1.97. The first-order valence-corrected chi connectivity index (χ1v) is 6.52. The van der Waals surface area contributed by atoms with E-state index in [1.54, 1.807) is 32.0 Å². The molecule has 0 spiro atoms. The van der Waals surface area contributed by atoms with Crippen LogP contribution in [-0.2, 0) is 4.79 Å². The largest absolute Gasteiger partial charge is 0.496 e. The van der Waals surface area contributed by atoms with Crippen LogP contribution in [0.1, 0.15) is 24.2 Å². The SMILES string of the molecule is COc1cc(Br)ccc1C(=O)N(CC(=O)O)C(C)C. The molecule has 1 rings (SSSR count). The van der Waals surface area contributed by atoms with Gasteiger partial charge < -0.3 is 14.7 Å². The van der Waals surface area contributed by atoms with Gasteiger partial charge in [-0.15, -0.1) is 0 Å². The summed E-state index contributed by atoms with van der Waals surface area (Å²) in [5.41, 5.74) is 0.348. The molecule has 0 bridgehead atoms. The Bertz CT molecular complexity index is 488. The number of benzene rings is 1. The molecule has 19 heavy (non-hydrogen) atoms. The van der Waals surface area contributed by atoms with Crippen LogP contribution < -0.4 is 4.74 Å². The van der Waals surface area contributed by atoms with Crippen molar-refractivity contribution in [3.8, 4) is 5.75 Å². The number of amides is 1. The molecule has 0 fully saturated rings. The van der Waals surface area contributed by atoms with Gasteiger partial charge in [0, 0.05) is 10.5 Å². The van der Waals surface area contributed by atoms with Gasteiger partial charge in [-0.05, 0) is 32.0 Å². The molecule has 0 heterocycles. The van der Waals surface area contributed by atoms with E-state index in [0.717, 1.165) is 4.47 Å².